The zero-order chi connectivity index (χ0) is 20.1. The predicted octanol–water partition coefficient (Wildman–Crippen LogP) is 3.05. The number of hydrogen-bond donors (Lipinski definition) is 1. The lowest BCUT2D eigenvalue weighted by Gasteiger charge is -2.38. The number of benzene rings is 2. The first-order valence-corrected chi connectivity index (χ1v) is 9.53. The van der Waals surface area contributed by atoms with E-state index in [9.17, 15) is 9.59 Å². The summed E-state index contributed by atoms with van der Waals surface area (Å²) in [5, 5.41) is 2.92. The van der Waals surface area contributed by atoms with Crippen molar-refractivity contribution >= 4 is 23.1 Å². The van der Waals surface area contributed by atoms with Crippen molar-refractivity contribution in [2.24, 2.45) is 0 Å². The maximum atomic E-state index is 12.7. The molecule has 0 spiro atoms. The molecule has 3 rings (SSSR count). The van der Waals surface area contributed by atoms with Crippen LogP contribution in [0.15, 0.2) is 48.5 Å². The quantitative estimate of drug-likeness (QED) is 0.780. The minimum atomic E-state index is -0.266. The highest BCUT2D eigenvalue weighted by molar-refractivity contribution is 6.04. The molecule has 2 aromatic carbocycles. The van der Waals surface area contributed by atoms with E-state index in [0.29, 0.717) is 11.3 Å². The van der Waals surface area contributed by atoms with Gasteiger partial charge in [0.25, 0.3) is 0 Å². The fourth-order valence-electron chi connectivity index (χ4n) is 3.46. The van der Waals surface area contributed by atoms with Gasteiger partial charge in [-0.3, -0.25) is 14.5 Å². The molecule has 0 aromatic heterocycles. The molecule has 1 aliphatic rings. The molecule has 6 heteroatoms. The molecule has 0 unspecified atom stereocenters. The number of piperazine rings is 1. The van der Waals surface area contributed by atoms with E-state index in [-0.39, 0.29) is 17.7 Å². The number of hydrogen-bond acceptors (Lipinski definition) is 5. The first-order chi connectivity index (χ1) is 13.5. The molecular formula is C22H27N3O3. The average molecular weight is 381 g/mol. The lowest BCUT2D eigenvalue weighted by Crippen LogP contribution is -2.52. The van der Waals surface area contributed by atoms with Crippen LogP contribution < -0.4 is 15.0 Å². The van der Waals surface area contributed by atoms with Crippen LogP contribution in [0.1, 0.15) is 24.2 Å². The Labute approximate surface area is 166 Å². The summed E-state index contributed by atoms with van der Waals surface area (Å²) in [4.78, 5) is 29.0. The van der Waals surface area contributed by atoms with Crippen LogP contribution in [0, 0.1) is 0 Å². The average Bonchev–Trinajstić information content (AvgIpc) is 2.73. The largest absolute Gasteiger partial charge is 0.497 e. The molecule has 1 amide bonds. The second-order valence-corrected chi connectivity index (χ2v) is 6.99. The molecule has 1 aliphatic heterocycles. The molecule has 6 nitrogen and oxygen atoms in total. The van der Waals surface area contributed by atoms with Gasteiger partial charge in [-0.2, -0.15) is 0 Å². The van der Waals surface area contributed by atoms with Gasteiger partial charge in [0, 0.05) is 37.4 Å². The summed E-state index contributed by atoms with van der Waals surface area (Å²) in [6, 6.07) is 14.9. The number of ketones is 1. The molecule has 0 aliphatic carbocycles. The standard InChI is InChI=1S/C22H27N3O3/c1-16(22(27)23-21-7-5-4-6-20(21)17(2)26)24-12-14-25(15-13-24)18-8-10-19(28-3)11-9-18/h4-11,16H,12-15H2,1-3H3,(H,23,27)/t16-/m1/s1. The van der Waals surface area contributed by atoms with Gasteiger partial charge in [-0.1, -0.05) is 12.1 Å². The number of ether oxygens (including phenoxy) is 1. The van der Waals surface area contributed by atoms with E-state index >= 15 is 0 Å². The van der Waals surface area contributed by atoms with E-state index in [4.69, 9.17) is 4.74 Å². The minimum Gasteiger partial charge on any atom is -0.497 e. The van der Waals surface area contributed by atoms with Crippen LogP contribution in [-0.4, -0.2) is 55.9 Å². The van der Waals surface area contributed by atoms with Crippen molar-refractivity contribution in [1.82, 2.24) is 4.90 Å². The Balaban J connectivity index is 1.58. The fourth-order valence-corrected chi connectivity index (χ4v) is 3.46. The Morgan fingerprint density at radius 1 is 1.00 bits per heavy atom. The summed E-state index contributed by atoms with van der Waals surface area (Å²) in [7, 11) is 1.66. The monoisotopic (exact) mass is 381 g/mol. The number of para-hydroxylation sites is 1. The highest BCUT2D eigenvalue weighted by atomic mass is 16.5. The van der Waals surface area contributed by atoms with Gasteiger partial charge in [-0.15, -0.1) is 0 Å². The summed E-state index contributed by atoms with van der Waals surface area (Å²) >= 11 is 0. The number of nitrogens with one attached hydrogen (secondary N) is 1. The SMILES string of the molecule is COc1ccc(N2CCN([C@H](C)C(=O)Nc3ccccc3C(C)=O)CC2)cc1. The van der Waals surface area contributed by atoms with E-state index in [2.05, 4.69) is 27.2 Å². The number of rotatable bonds is 6. The number of carbonyl (C=O) groups is 2. The van der Waals surface area contributed by atoms with Crippen molar-refractivity contribution in [3.05, 3.63) is 54.1 Å². The molecule has 1 fully saturated rings. The molecule has 1 N–H and O–H groups in total. The molecule has 0 bridgehead atoms. The summed E-state index contributed by atoms with van der Waals surface area (Å²) in [5.41, 5.74) is 2.27. The van der Waals surface area contributed by atoms with Crippen LogP contribution in [0.4, 0.5) is 11.4 Å². The van der Waals surface area contributed by atoms with Gasteiger partial charge >= 0.3 is 0 Å². The second-order valence-electron chi connectivity index (χ2n) is 6.99. The van der Waals surface area contributed by atoms with Gasteiger partial charge in [0.05, 0.1) is 18.8 Å². The molecule has 1 saturated heterocycles. The number of Topliss-reactive ketones (excluding diaryl/α,β-unsaturated/α-hetero) is 1. The van der Waals surface area contributed by atoms with Crippen molar-refractivity contribution < 1.29 is 14.3 Å². The van der Waals surface area contributed by atoms with Crippen LogP contribution in [0.5, 0.6) is 5.75 Å². The summed E-state index contributed by atoms with van der Waals surface area (Å²) in [6.45, 7) is 6.73. The number of methoxy groups -OCH3 is 1. The maximum Gasteiger partial charge on any atom is 0.241 e. The van der Waals surface area contributed by atoms with Gasteiger partial charge in [0.2, 0.25) is 5.91 Å². The zero-order valence-corrected chi connectivity index (χ0v) is 16.6. The zero-order valence-electron chi connectivity index (χ0n) is 16.6. The van der Waals surface area contributed by atoms with Crippen LogP contribution in [-0.2, 0) is 4.79 Å². The minimum absolute atomic E-state index is 0.0586. The lowest BCUT2D eigenvalue weighted by molar-refractivity contribution is -0.120. The van der Waals surface area contributed by atoms with Crippen molar-refractivity contribution in [1.29, 1.82) is 0 Å². The van der Waals surface area contributed by atoms with Crippen molar-refractivity contribution in [2.75, 3.05) is 43.5 Å². The third-order valence-electron chi connectivity index (χ3n) is 5.24. The van der Waals surface area contributed by atoms with Gasteiger partial charge in [-0.25, -0.2) is 0 Å². The number of anilines is 2. The smallest absolute Gasteiger partial charge is 0.241 e. The fraction of sp³-hybridized carbons (Fsp3) is 0.364. The van der Waals surface area contributed by atoms with E-state index in [1.807, 2.05) is 25.1 Å². The predicted molar refractivity (Wildman–Crippen MR) is 111 cm³/mol. The van der Waals surface area contributed by atoms with Crippen LogP contribution in [0.2, 0.25) is 0 Å². The van der Waals surface area contributed by atoms with Crippen molar-refractivity contribution in [3.8, 4) is 5.75 Å². The number of carbonyl (C=O) groups excluding carboxylic acids is 2. The van der Waals surface area contributed by atoms with Crippen molar-refractivity contribution in [2.45, 2.75) is 19.9 Å². The second kappa shape index (κ2) is 8.89. The van der Waals surface area contributed by atoms with E-state index in [1.54, 1.807) is 25.3 Å². The topological polar surface area (TPSA) is 61.9 Å². The third-order valence-corrected chi connectivity index (χ3v) is 5.24. The van der Waals surface area contributed by atoms with E-state index in [0.717, 1.165) is 37.6 Å². The number of amides is 1. The molecule has 2 aromatic rings. The van der Waals surface area contributed by atoms with Crippen LogP contribution in [0.25, 0.3) is 0 Å². The first kappa shape index (κ1) is 19.9. The molecule has 1 atom stereocenters. The molecule has 28 heavy (non-hydrogen) atoms. The third kappa shape index (κ3) is 4.51. The highest BCUT2D eigenvalue weighted by Crippen LogP contribution is 2.21. The van der Waals surface area contributed by atoms with Crippen LogP contribution >= 0.6 is 0 Å². The Hall–Kier alpha value is -2.86. The normalized spacial score (nSPS) is 15.8. The highest BCUT2D eigenvalue weighted by Gasteiger charge is 2.26. The van der Waals surface area contributed by atoms with E-state index < -0.39 is 0 Å². The van der Waals surface area contributed by atoms with Crippen molar-refractivity contribution in [3.63, 3.8) is 0 Å². The molecule has 148 valence electrons. The molecular weight excluding hydrogens is 354 g/mol. The van der Waals surface area contributed by atoms with Gasteiger partial charge < -0.3 is 15.0 Å². The molecule has 0 radical (unpaired) electrons. The Morgan fingerprint density at radius 2 is 1.64 bits per heavy atom. The summed E-state index contributed by atoms with van der Waals surface area (Å²) < 4.78 is 5.21. The molecule has 0 saturated carbocycles. The lowest BCUT2D eigenvalue weighted by atomic mass is 10.1. The van der Waals surface area contributed by atoms with Gasteiger partial charge in [-0.05, 0) is 50.2 Å². The summed E-state index contributed by atoms with van der Waals surface area (Å²) in [6.07, 6.45) is 0. The molecule has 1 heterocycles. The summed E-state index contributed by atoms with van der Waals surface area (Å²) in [5.74, 6) is 0.696. The Morgan fingerprint density at radius 3 is 2.25 bits per heavy atom. The van der Waals surface area contributed by atoms with Gasteiger partial charge in [0.1, 0.15) is 5.75 Å². The number of nitrogens with zero attached hydrogens (tertiary/aromatic N) is 2. The Bertz CT molecular complexity index is 827. The van der Waals surface area contributed by atoms with E-state index in [1.165, 1.54) is 6.92 Å². The van der Waals surface area contributed by atoms with Crippen LogP contribution in [0.3, 0.4) is 0 Å². The first-order valence-electron chi connectivity index (χ1n) is 9.53. The Kier molecular flexibility index (Phi) is 6.31. The maximum absolute atomic E-state index is 12.7. The van der Waals surface area contributed by atoms with Gasteiger partial charge in [0.15, 0.2) is 5.78 Å².